The van der Waals surface area contributed by atoms with Gasteiger partial charge in [-0.2, -0.15) is 0 Å². The van der Waals surface area contributed by atoms with Gasteiger partial charge in [-0.1, -0.05) is 0 Å². The summed E-state index contributed by atoms with van der Waals surface area (Å²) in [6, 6.07) is 4.63. The van der Waals surface area contributed by atoms with Crippen molar-refractivity contribution in [2.45, 2.75) is 38.8 Å². The van der Waals surface area contributed by atoms with Crippen LogP contribution in [0.5, 0.6) is 11.5 Å². The molecule has 2 saturated heterocycles. The van der Waals surface area contributed by atoms with Crippen molar-refractivity contribution in [3.8, 4) is 11.5 Å². The Bertz CT molecular complexity index is 689. The van der Waals surface area contributed by atoms with Gasteiger partial charge in [0, 0.05) is 45.2 Å². The van der Waals surface area contributed by atoms with E-state index < -0.39 is 0 Å². The van der Waals surface area contributed by atoms with Crippen LogP contribution < -0.4 is 14.8 Å². The SMILES string of the molecule is CNCCN1C(=O)CC[C@H]2CN(Cc3cc4c(cc3C)OCO4)CC[C@H]21.Cl.Cl. The lowest BCUT2D eigenvalue weighted by Crippen LogP contribution is -2.56. The number of hydrogen-bond donors (Lipinski definition) is 1. The second kappa shape index (κ2) is 10.0. The van der Waals surface area contributed by atoms with Crippen LogP contribution in [0.3, 0.4) is 0 Å². The van der Waals surface area contributed by atoms with Gasteiger partial charge in [-0.25, -0.2) is 0 Å². The number of amides is 1. The molecule has 4 rings (SSSR count). The molecule has 0 radical (unpaired) electrons. The average molecular weight is 432 g/mol. The molecule has 2 fully saturated rings. The van der Waals surface area contributed by atoms with Gasteiger partial charge in [0.1, 0.15) is 0 Å². The molecular weight excluding hydrogens is 401 g/mol. The molecule has 0 saturated carbocycles. The third kappa shape index (κ3) is 4.67. The fourth-order valence-electron chi connectivity index (χ4n) is 4.59. The molecule has 28 heavy (non-hydrogen) atoms. The van der Waals surface area contributed by atoms with E-state index in [1.807, 2.05) is 7.05 Å². The maximum absolute atomic E-state index is 12.3. The van der Waals surface area contributed by atoms with Crippen molar-refractivity contribution in [3.05, 3.63) is 23.3 Å². The summed E-state index contributed by atoms with van der Waals surface area (Å²) in [6.07, 6.45) is 2.79. The van der Waals surface area contributed by atoms with Gasteiger partial charge >= 0.3 is 0 Å². The fraction of sp³-hybridized carbons (Fsp3) is 0.650. The lowest BCUT2D eigenvalue weighted by Gasteiger charge is -2.47. The first-order chi connectivity index (χ1) is 12.7. The number of hydrogen-bond acceptors (Lipinski definition) is 5. The van der Waals surface area contributed by atoms with Gasteiger partial charge in [-0.3, -0.25) is 9.69 Å². The molecule has 6 nitrogen and oxygen atoms in total. The molecule has 0 spiro atoms. The van der Waals surface area contributed by atoms with E-state index in [1.165, 1.54) is 11.1 Å². The minimum absolute atomic E-state index is 0. The van der Waals surface area contributed by atoms with Crippen LogP contribution in [0.4, 0.5) is 0 Å². The number of likely N-dealkylation sites (tertiary alicyclic amines) is 2. The van der Waals surface area contributed by atoms with E-state index in [2.05, 4.69) is 34.2 Å². The molecule has 1 amide bonds. The largest absolute Gasteiger partial charge is 0.454 e. The predicted octanol–water partition coefficient (Wildman–Crippen LogP) is 2.60. The number of carbonyl (C=O) groups is 1. The van der Waals surface area contributed by atoms with Crippen molar-refractivity contribution in [1.82, 2.24) is 15.1 Å². The van der Waals surface area contributed by atoms with Crippen molar-refractivity contribution in [2.75, 3.05) is 40.0 Å². The summed E-state index contributed by atoms with van der Waals surface area (Å²) in [7, 11) is 1.95. The summed E-state index contributed by atoms with van der Waals surface area (Å²) in [6.45, 7) is 7.22. The lowest BCUT2D eigenvalue weighted by atomic mass is 9.83. The van der Waals surface area contributed by atoms with Crippen LogP contribution in [0.1, 0.15) is 30.4 Å². The number of carbonyl (C=O) groups excluding carboxylic acids is 1. The fourth-order valence-corrected chi connectivity index (χ4v) is 4.59. The van der Waals surface area contributed by atoms with Gasteiger partial charge in [0.05, 0.1) is 0 Å². The molecule has 8 heteroatoms. The van der Waals surface area contributed by atoms with Crippen LogP contribution in [-0.4, -0.2) is 61.8 Å². The summed E-state index contributed by atoms with van der Waals surface area (Å²) in [5, 5.41) is 3.17. The van der Waals surface area contributed by atoms with Crippen LogP contribution in [-0.2, 0) is 11.3 Å². The molecule has 1 aromatic rings. The number of nitrogens with one attached hydrogen (secondary N) is 1. The van der Waals surface area contributed by atoms with E-state index in [-0.39, 0.29) is 24.8 Å². The Balaban J connectivity index is 0.00000140. The van der Waals surface area contributed by atoms with Gasteiger partial charge < -0.3 is 19.7 Å². The maximum atomic E-state index is 12.3. The van der Waals surface area contributed by atoms with E-state index in [9.17, 15) is 4.79 Å². The number of ether oxygens (including phenoxy) is 2. The molecule has 3 heterocycles. The molecule has 0 aromatic heterocycles. The van der Waals surface area contributed by atoms with Crippen molar-refractivity contribution in [3.63, 3.8) is 0 Å². The van der Waals surface area contributed by atoms with Gasteiger partial charge in [0.2, 0.25) is 12.7 Å². The average Bonchev–Trinajstić information content (AvgIpc) is 3.08. The summed E-state index contributed by atoms with van der Waals surface area (Å²) < 4.78 is 11.0. The number of benzene rings is 1. The second-order valence-corrected chi connectivity index (χ2v) is 7.71. The Hall–Kier alpha value is -1.21. The highest BCUT2D eigenvalue weighted by molar-refractivity contribution is 5.85. The molecule has 0 unspecified atom stereocenters. The third-order valence-corrected chi connectivity index (χ3v) is 6.06. The highest BCUT2D eigenvalue weighted by Crippen LogP contribution is 2.36. The first-order valence-corrected chi connectivity index (χ1v) is 9.71. The van der Waals surface area contributed by atoms with Crippen molar-refractivity contribution in [1.29, 1.82) is 0 Å². The van der Waals surface area contributed by atoms with Gasteiger partial charge in [-0.05, 0) is 56.0 Å². The molecule has 0 aliphatic carbocycles. The highest BCUT2D eigenvalue weighted by atomic mass is 35.5. The van der Waals surface area contributed by atoms with Gasteiger partial charge in [0.15, 0.2) is 11.5 Å². The number of likely N-dealkylation sites (N-methyl/N-ethyl adjacent to an activating group) is 1. The van der Waals surface area contributed by atoms with Gasteiger partial charge in [-0.15, -0.1) is 24.8 Å². The first-order valence-electron chi connectivity index (χ1n) is 9.71. The number of halogens is 2. The zero-order valence-electron chi connectivity index (χ0n) is 16.6. The number of piperidine rings is 2. The quantitative estimate of drug-likeness (QED) is 0.776. The van der Waals surface area contributed by atoms with Crippen LogP contribution in [0.15, 0.2) is 12.1 Å². The molecule has 0 bridgehead atoms. The standard InChI is InChI=1S/C20H29N3O3.2ClH/c1-14-9-18-19(26-13-25-18)10-16(14)12-22-7-5-17-15(11-22)3-4-20(24)23(17)8-6-21-2;;/h9-10,15,17,21H,3-8,11-13H2,1-2H3;2*1H/t15-,17+;;/m0../s1. The predicted molar refractivity (Wildman–Crippen MR) is 114 cm³/mol. The van der Waals surface area contributed by atoms with E-state index in [0.717, 1.165) is 57.1 Å². The Morgan fingerprint density at radius 3 is 2.68 bits per heavy atom. The number of fused-ring (bicyclic) bond motifs is 2. The smallest absolute Gasteiger partial charge is 0.231 e. The maximum Gasteiger partial charge on any atom is 0.231 e. The van der Waals surface area contributed by atoms with E-state index in [1.54, 1.807) is 0 Å². The summed E-state index contributed by atoms with van der Waals surface area (Å²) in [4.78, 5) is 17.0. The number of nitrogens with zero attached hydrogens (tertiary/aromatic N) is 2. The van der Waals surface area contributed by atoms with Crippen molar-refractivity contribution in [2.24, 2.45) is 5.92 Å². The zero-order chi connectivity index (χ0) is 18.1. The number of rotatable bonds is 5. The Morgan fingerprint density at radius 2 is 1.93 bits per heavy atom. The van der Waals surface area contributed by atoms with Crippen LogP contribution in [0.2, 0.25) is 0 Å². The molecule has 158 valence electrons. The Morgan fingerprint density at radius 1 is 1.18 bits per heavy atom. The molecule has 2 atom stereocenters. The van der Waals surface area contributed by atoms with Crippen LogP contribution in [0.25, 0.3) is 0 Å². The normalized spacial score (nSPS) is 23.6. The highest BCUT2D eigenvalue weighted by Gasteiger charge is 2.38. The summed E-state index contributed by atoms with van der Waals surface area (Å²) in [5.41, 5.74) is 2.57. The zero-order valence-corrected chi connectivity index (χ0v) is 18.2. The minimum atomic E-state index is 0. The molecule has 1 aromatic carbocycles. The van der Waals surface area contributed by atoms with E-state index >= 15 is 0 Å². The van der Waals surface area contributed by atoms with E-state index in [4.69, 9.17) is 9.47 Å². The first kappa shape index (κ1) is 23.1. The summed E-state index contributed by atoms with van der Waals surface area (Å²) >= 11 is 0. The van der Waals surface area contributed by atoms with Gasteiger partial charge in [0.25, 0.3) is 0 Å². The monoisotopic (exact) mass is 431 g/mol. The summed E-state index contributed by atoms with van der Waals surface area (Å²) in [5.74, 6) is 2.65. The van der Waals surface area contributed by atoms with Crippen LogP contribution >= 0.6 is 24.8 Å². The second-order valence-electron chi connectivity index (χ2n) is 7.71. The van der Waals surface area contributed by atoms with E-state index in [0.29, 0.717) is 31.1 Å². The molecule has 3 aliphatic heterocycles. The van der Waals surface area contributed by atoms with Crippen molar-refractivity contribution >= 4 is 30.7 Å². The molecular formula is C20H31Cl2N3O3. The Kier molecular flexibility index (Phi) is 8.25. The molecule has 3 aliphatic rings. The minimum Gasteiger partial charge on any atom is -0.454 e. The molecule has 1 N–H and O–H groups in total. The number of aryl methyl sites for hydroxylation is 1. The van der Waals surface area contributed by atoms with Crippen LogP contribution in [0, 0.1) is 12.8 Å². The topological polar surface area (TPSA) is 54.0 Å². The third-order valence-electron chi connectivity index (χ3n) is 6.06. The van der Waals surface area contributed by atoms with Crippen molar-refractivity contribution < 1.29 is 14.3 Å². The Labute approximate surface area is 179 Å². The lowest BCUT2D eigenvalue weighted by molar-refractivity contribution is -0.141.